The van der Waals surface area contributed by atoms with E-state index in [1.807, 2.05) is 24.3 Å². The van der Waals surface area contributed by atoms with Crippen molar-refractivity contribution in [2.45, 2.75) is 25.7 Å². The number of pyridine rings is 1. The highest BCUT2D eigenvalue weighted by molar-refractivity contribution is 5.98. The number of hydrogen-bond acceptors (Lipinski definition) is 5. The molecular weight excluding hydrogens is 338 g/mol. The van der Waals surface area contributed by atoms with Crippen LogP contribution in [0.2, 0.25) is 0 Å². The van der Waals surface area contributed by atoms with E-state index in [0.717, 1.165) is 17.7 Å². The highest BCUT2D eigenvalue weighted by Gasteiger charge is 2.30. The van der Waals surface area contributed by atoms with Crippen molar-refractivity contribution in [3.05, 3.63) is 77.4 Å². The van der Waals surface area contributed by atoms with E-state index in [2.05, 4.69) is 39.1 Å². The second-order valence-electron chi connectivity index (χ2n) is 6.89. The van der Waals surface area contributed by atoms with Gasteiger partial charge in [0.05, 0.1) is 11.3 Å². The van der Waals surface area contributed by atoms with Gasteiger partial charge >= 0.3 is 0 Å². The van der Waals surface area contributed by atoms with Crippen LogP contribution in [0.1, 0.15) is 39.5 Å². The molecular formula is C21H17N5O. The SMILES string of the molecule is Cc1ccccc1C1CC(=O)c2cnc3nc(-c4ccncc4)nn3c2C1. The number of carbonyl (C=O) groups excluding carboxylic acids is 1. The second kappa shape index (κ2) is 6.09. The topological polar surface area (TPSA) is 73.0 Å². The highest BCUT2D eigenvalue weighted by Crippen LogP contribution is 2.34. The van der Waals surface area contributed by atoms with E-state index in [4.69, 9.17) is 0 Å². The summed E-state index contributed by atoms with van der Waals surface area (Å²) in [6.07, 6.45) is 6.30. The van der Waals surface area contributed by atoms with Crippen molar-refractivity contribution < 1.29 is 4.79 Å². The van der Waals surface area contributed by atoms with Crippen LogP contribution in [-0.4, -0.2) is 30.3 Å². The number of hydrogen-bond donors (Lipinski definition) is 0. The average Bonchev–Trinajstić information content (AvgIpc) is 3.14. The molecule has 0 saturated carbocycles. The molecule has 6 heteroatoms. The fourth-order valence-electron chi connectivity index (χ4n) is 3.84. The van der Waals surface area contributed by atoms with Crippen molar-refractivity contribution in [2.24, 2.45) is 0 Å². The molecule has 0 aliphatic heterocycles. The molecule has 3 aromatic heterocycles. The first-order chi connectivity index (χ1) is 13.2. The normalized spacial score (nSPS) is 16.5. The Balaban J connectivity index is 1.64. The maximum absolute atomic E-state index is 12.8. The van der Waals surface area contributed by atoms with Gasteiger partial charge in [-0.15, -0.1) is 5.10 Å². The van der Waals surface area contributed by atoms with Gasteiger partial charge in [0.25, 0.3) is 5.78 Å². The lowest BCUT2D eigenvalue weighted by Crippen LogP contribution is -2.23. The monoisotopic (exact) mass is 355 g/mol. The number of fused-ring (bicyclic) bond motifs is 3. The van der Waals surface area contributed by atoms with E-state index >= 15 is 0 Å². The zero-order valence-electron chi connectivity index (χ0n) is 14.8. The quantitative estimate of drug-likeness (QED) is 0.551. The van der Waals surface area contributed by atoms with Gasteiger partial charge in [-0.1, -0.05) is 24.3 Å². The Labute approximate surface area is 155 Å². The summed E-state index contributed by atoms with van der Waals surface area (Å²) in [6, 6.07) is 12.0. The zero-order valence-corrected chi connectivity index (χ0v) is 14.8. The zero-order chi connectivity index (χ0) is 18.4. The fourth-order valence-corrected chi connectivity index (χ4v) is 3.84. The Hall–Kier alpha value is -3.41. The minimum atomic E-state index is 0.111. The van der Waals surface area contributed by atoms with Gasteiger partial charge in [-0.25, -0.2) is 4.98 Å². The number of nitrogens with zero attached hydrogens (tertiary/aromatic N) is 5. The van der Waals surface area contributed by atoms with Gasteiger partial charge in [0.2, 0.25) is 0 Å². The summed E-state index contributed by atoms with van der Waals surface area (Å²) in [4.78, 5) is 25.7. The summed E-state index contributed by atoms with van der Waals surface area (Å²) in [5, 5.41) is 4.64. The molecule has 0 radical (unpaired) electrons. The largest absolute Gasteiger partial charge is 0.294 e. The third-order valence-corrected chi connectivity index (χ3v) is 5.20. The van der Waals surface area contributed by atoms with Crippen molar-refractivity contribution in [2.75, 3.05) is 0 Å². The number of aromatic nitrogens is 5. The Bertz CT molecular complexity index is 1170. The molecule has 1 unspecified atom stereocenters. The van der Waals surface area contributed by atoms with Crippen LogP contribution >= 0.6 is 0 Å². The average molecular weight is 355 g/mol. The molecule has 0 fully saturated rings. The summed E-state index contributed by atoms with van der Waals surface area (Å²) in [5.41, 5.74) is 4.84. The van der Waals surface area contributed by atoms with Gasteiger partial charge in [-0.2, -0.15) is 9.50 Å². The standard InChI is InChI=1S/C21H17N5O/c1-13-4-2-3-5-16(13)15-10-18-17(19(27)11-15)12-23-21-24-20(25-26(18)21)14-6-8-22-9-7-14/h2-9,12,15H,10-11H2,1H3. The first-order valence-corrected chi connectivity index (χ1v) is 8.94. The van der Waals surface area contributed by atoms with Crippen LogP contribution in [-0.2, 0) is 6.42 Å². The first-order valence-electron chi connectivity index (χ1n) is 8.94. The fraction of sp³-hybridized carbons (Fsp3) is 0.190. The van der Waals surface area contributed by atoms with Crippen LogP contribution < -0.4 is 0 Å². The number of ketones is 1. The van der Waals surface area contributed by atoms with Crippen molar-refractivity contribution >= 4 is 11.6 Å². The van der Waals surface area contributed by atoms with Gasteiger partial charge < -0.3 is 0 Å². The molecule has 0 saturated heterocycles. The summed E-state index contributed by atoms with van der Waals surface area (Å²) >= 11 is 0. The van der Waals surface area contributed by atoms with E-state index in [1.54, 1.807) is 23.1 Å². The summed E-state index contributed by atoms with van der Waals surface area (Å²) in [7, 11) is 0. The van der Waals surface area contributed by atoms with Crippen LogP contribution in [0.15, 0.2) is 55.0 Å². The van der Waals surface area contributed by atoms with E-state index in [0.29, 0.717) is 23.6 Å². The minimum absolute atomic E-state index is 0.111. The highest BCUT2D eigenvalue weighted by atomic mass is 16.1. The van der Waals surface area contributed by atoms with Crippen LogP contribution in [0.5, 0.6) is 0 Å². The van der Waals surface area contributed by atoms with Crippen LogP contribution in [0.3, 0.4) is 0 Å². The Morgan fingerprint density at radius 1 is 1.07 bits per heavy atom. The van der Waals surface area contributed by atoms with E-state index < -0.39 is 0 Å². The van der Waals surface area contributed by atoms with Crippen molar-refractivity contribution in [3.63, 3.8) is 0 Å². The molecule has 0 bridgehead atoms. The molecule has 27 heavy (non-hydrogen) atoms. The molecule has 1 aliphatic carbocycles. The Kier molecular flexibility index (Phi) is 3.57. The third-order valence-electron chi connectivity index (χ3n) is 5.20. The van der Waals surface area contributed by atoms with E-state index in [-0.39, 0.29) is 11.7 Å². The molecule has 5 rings (SSSR count). The molecule has 1 atom stereocenters. The third kappa shape index (κ3) is 2.61. The van der Waals surface area contributed by atoms with Crippen molar-refractivity contribution in [1.82, 2.24) is 24.6 Å². The maximum Gasteiger partial charge on any atom is 0.252 e. The molecule has 1 aliphatic rings. The molecule has 0 N–H and O–H groups in total. The number of benzene rings is 1. The van der Waals surface area contributed by atoms with Crippen molar-refractivity contribution in [1.29, 1.82) is 0 Å². The van der Waals surface area contributed by atoms with E-state index in [1.165, 1.54) is 11.1 Å². The van der Waals surface area contributed by atoms with Gasteiger partial charge in [-0.05, 0) is 42.5 Å². The number of Topliss-reactive ketones (excluding diaryl/α,β-unsaturated/α-hetero) is 1. The second-order valence-corrected chi connectivity index (χ2v) is 6.89. The predicted octanol–water partition coefficient (Wildman–Crippen LogP) is 3.41. The van der Waals surface area contributed by atoms with Crippen LogP contribution in [0, 0.1) is 6.92 Å². The predicted molar refractivity (Wildman–Crippen MR) is 101 cm³/mol. The lowest BCUT2D eigenvalue weighted by molar-refractivity contribution is 0.0962. The smallest absolute Gasteiger partial charge is 0.252 e. The van der Waals surface area contributed by atoms with Gasteiger partial charge in [-0.3, -0.25) is 9.78 Å². The summed E-state index contributed by atoms with van der Waals surface area (Å²) in [6.45, 7) is 2.09. The van der Waals surface area contributed by atoms with Crippen LogP contribution in [0.4, 0.5) is 0 Å². The lowest BCUT2D eigenvalue weighted by Gasteiger charge is -2.25. The van der Waals surface area contributed by atoms with Gasteiger partial charge in [0.1, 0.15) is 0 Å². The molecule has 3 heterocycles. The summed E-state index contributed by atoms with van der Waals surface area (Å²) < 4.78 is 1.73. The molecule has 0 spiro atoms. The Morgan fingerprint density at radius 3 is 2.70 bits per heavy atom. The Morgan fingerprint density at radius 2 is 1.89 bits per heavy atom. The lowest BCUT2D eigenvalue weighted by atomic mass is 9.80. The number of aryl methyl sites for hydroxylation is 1. The molecule has 1 aromatic carbocycles. The molecule has 132 valence electrons. The van der Waals surface area contributed by atoms with E-state index in [9.17, 15) is 4.79 Å². The van der Waals surface area contributed by atoms with Crippen molar-refractivity contribution in [3.8, 4) is 11.4 Å². The number of carbonyl (C=O) groups is 1. The maximum atomic E-state index is 12.8. The summed E-state index contributed by atoms with van der Waals surface area (Å²) in [5.74, 6) is 1.35. The van der Waals surface area contributed by atoms with Gasteiger partial charge in [0, 0.05) is 30.6 Å². The molecule has 4 aromatic rings. The first kappa shape index (κ1) is 15.8. The molecule has 0 amide bonds. The van der Waals surface area contributed by atoms with Gasteiger partial charge in [0.15, 0.2) is 11.6 Å². The van der Waals surface area contributed by atoms with Crippen LogP contribution in [0.25, 0.3) is 17.2 Å². The number of rotatable bonds is 2. The molecule has 6 nitrogen and oxygen atoms in total. The minimum Gasteiger partial charge on any atom is -0.294 e.